The zero-order valence-corrected chi connectivity index (χ0v) is 14.8. The second-order valence-corrected chi connectivity index (χ2v) is 6.75. The first-order valence-electron chi connectivity index (χ1n) is 8.77. The van der Waals surface area contributed by atoms with Gasteiger partial charge >= 0.3 is 5.97 Å². The monoisotopic (exact) mass is 353 g/mol. The summed E-state index contributed by atoms with van der Waals surface area (Å²) in [6.07, 6.45) is 0.418. The maximum Gasteiger partial charge on any atom is 0.319 e. The van der Waals surface area contributed by atoms with Crippen LogP contribution < -0.4 is 5.32 Å². The van der Waals surface area contributed by atoms with Gasteiger partial charge in [0.15, 0.2) is 5.41 Å². The van der Waals surface area contributed by atoms with Gasteiger partial charge in [0.05, 0.1) is 0 Å². The van der Waals surface area contributed by atoms with Gasteiger partial charge in [0.25, 0.3) is 0 Å². The summed E-state index contributed by atoms with van der Waals surface area (Å²) >= 11 is 0. The van der Waals surface area contributed by atoms with Crippen LogP contribution in [0.2, 0.25) is 0 Å². The molecule has 5 heteroatoms. The normalized spacial score (nSPS) is 16.0. The van der Waals surface area contributed by atoms with Gasteiger partial charge in [-0.3, -0.25) is 9.59 Å². The number of amides is 1. The standard InChI is InChI=1S/C21H23NO4/c1-15-3-2-4-18(13-15)17-7-5-16(6-8-17)14-22-19(23)21(20(24)25)9-11-26-12-10-21/h2-8,13H,9-12,14H2,1H3,(H,22,23)(H,24,25). The zero-order chi connectivity index (χ0) is 18.6. The highest BCUT2D eigenvalue weighted by Gasteiger charge is 2.47. The lowest BCUT2D eigenvalue weighted by atomic mass is 9.79. The van der Waals surface area contributed by atoms with E-state index >= 15 is 0 Å². The van der Waals surface area contributed by atoms with Crippen LogP contribution in [0.3, 0.4) is 0 Å². The largest absolute Gasteiger partial charge is 0.480 e. The van der Waals surface area contributed by atoms with E-state index in [1.165, 1.54) is 5.56 Å². The van der Waals surface area contributed by atoms with Crippen LogP contribution in [0.25, 0.3) is 11.1 Å². The van der Waals surface area contributed by atoms with Crippen molar-refractivity contribution < 1.29 is 19.4 Å². The van der Waals surface area contributed by atoms with Crippen molar-refractivity contribution in [1.29, 1.82) is 0 Å². The topological polar surface area (TPSA) is 75.6 Å². The van der Waals surface area contributed by atoms with Crippen LogP contribution in [0.5, 0.6) is 0 Å². The minimum absolute atomic E-state index is 0.209. The minimum Gasteiger partial charge on any atom is -0.480 e. The first-order valence-corrected chi connectivity index (χ1v) is 8.77. The maximum atomic E-state index is 12.5. The number of rotatable bonds is 5. The van der Waals surface area contributed by atoms with Crippen LogP contribution in [0.1, 0.15) is 24.0 Å². The zero-order valence-electron chi connectivity index (χ0n) is 14.8. The lowest BCUT2D eigenvalue weighted by Crippen LogP contribution is -2.49. The van der Waals surface area contributed by atoms with E-state index in [-0.39, 0.29) is 12.8 Å². The Morgan fingerprint density at radius 2 is 1.77 bits per heavy atom. The van der Waals surface area contributed by atoms with Crippen LogP contribution in [-0.2, 0) is 20.9 Å². The molecule has 0 spiro atoms. The minimum atomic E-state index is -1.38. The Balaban J connectivity index is 1.66. The van der Waals surface area contributed by atoms with Gasteiger partial charge in [-0.15, -0.1) is 0 Å². The number of nitrogens with one attached hydrogen (secondary N) is 1. The van der Waals surface area contributed by atoms with Crippen LogP contribution in [-0.4, -0.2) is 30.2 Å². The van der Waals surface area contributed by atoms with Gasteiger partial charge in [0, 0.05) is 19.8 Å². The Morgan fingerprint density at radius 3 is 2.38 bits per heavy atom. The molecule has 1 aliphatic rings. The van der Waals surface area contributed by atoms with Crippen LogP contribution >= 0.6 is 0 Å². The van der Waals surface area contributed by atoms with Crippen molar-refractivity contribution in [2.45, 2.75) is 26.3 Å². The summed E-state index contributed by atoms with van der Waals surface area (Å²) in [7, 11) is 0. The third-order valence-electron chi connectivity index (χ3n) is 4.95. The molecule has 0 aromatic heterocycles. The molecule has 2 N–H and O–H groups in total. The maximum absolute atomic E-state index is 12.5. The molecule has 3 rings (SSSR count). The fourth-order valence-corrected chi connectivity index (χ4v) is 3.25. The van der Waals surface area contributed by atoms with E-state index in [1.807, 2.05) is 30.3 Å². The summed E-state index contributed by atoms with van der Waals surface area (Å²) in [5.74, 6) is -1.51. The second kappa shape index (κ2) is 7.70. The Morgan fingerprint density at radius 1 is 1.08 bits per heavy atom. The molecule has 0 atom stereocenters. The number of aryl methyl sites for hydroxylation is 1. The molecule has 0 aliphatic carbocycles. The molecule has 0 bridgehead atoms. The van der Waals surface area contributed by atoms with Crippen molar-refractivity contribution >= 4 is 11.9 Å². The van der Waals surface area contributed by atoms with Crippen LogP contribution in [0.15, 0.2) is 48.5 Å². The molecule has 0 saturated carbocycles. The average Bonchev–Trinajstić information content (AvgIpc) is 2.67. The van der Waals surface area contributed by atoms with Crippen molar-refractivity contribution in [1.82, 2.24) is 5.32 Å². The number of carbonyl (C=O) groups excluding carboxylic acids is 1. The van der Waals surface area contributed by atoms with Gasteiger partial charge in [0.1, 0.15) is 0 Å². The Labute approximate surface area is 153 Å². The fourth-order valence-electron chi connectivity index (χ4n) is 3.25. The predicted molar refractivity (Wildman–Crippen MR) is 98.6 cm³/mol. The first-order chi connectivity index (χ1) is 12.5. The van der Waals surface area contributed by atoms with Crippen LogP contribution in [0, 0.1) is 12.3 Å². The molecule has 1 fully saturated rings. The molecule has 2 aromatic rings. The molecule has 136 valence electrons. The summed E-state index contributed by atoms with van der Waals surface area (Å²) in [5, 5.41) is 12.3. The van der Waals surface area contributed by atoms with E-state index in [1.54, 1.807) is 0 Å². The SMILES string of the molecule is Cc1cccc(-c2ccc(CNC(=O)C3(C(=O)O)CCOCC3)cc2)c1. The third kappa shape index (κ3) is 3.78. The lowest BCUT2D eigenvalue weighted by Gasteiger charge is -2.31. The number of carboxylic acids is 1. The molecule has 5 nitrogen and oxygen atoms in total. The van der Waals surface area contributed by atoms with Gasteiger partial charge in [-0.05, 0) is 36.5 Å². The number of carboxylic acid groups (broad SMARTS) is 1. The van der Waals surface area contributed by atoms with E-state index in [9.17, 15) is 14.7 Å². The molecule has 1 heterocycles. The van der Waals surface area contributed by atoms with Crippen molar-refractivity contribution in [2.75, 3.05) is 13.2 Å². The van der Waals surface area contributed by atoms with Gasteiger partial charge in [0.2, 0.25) is 5.91 Å². The Bertz CT molecular complexity index is 792. The summed E-state index contributed by atoms with van der Waals surface area (Å²) in [6.45, 7) is 2.96. The van der Waals surface area contributed by atoms with Crippen molar-refractivity contribution in [3.05, 3.63) is 59.7 Å². The smallest absolute Gasteiger partial charge is 0.319 e. The predicted octanol–water partition coefficient (Wildman–Crippen LogP) is 3.16. The summed E-state index contributed by atoms with van der Waals surface area (Å²) in [4.78, 5) is 24.2. The fraction of sp³-hybridized carbons (Fsp3) is 0.333. The highest BCUT2D eigenvalue weighted by molar-refractivity contribution is 6.02. The Hall–Kier alpha value is -2.66. The number of ether oxygens (including phenoxy) is 1. The molecular formula is C21H23NO4. The summed E-state index contributed by atoms with van der Waals surface area (Å²) in [5.41, 5.74) is 3.01. The van der Waals surface area contributed by atoms with E-state index in [0.717, 1.165) is 16.7 Å². The molecule has 1 amide bonds. The molecule has 26 heavy (non-hydrogen) atoms. The van der Waals surface area contributed by atoms with Crippen molar-refractivity contribution in [3.63, 3.8) is 0 Å². The summed E-state index contributed by atoms with van der Waals surface area (Å²) in [6, 6.07) is 16.2. The van der Waals surface area contributed by atoms with Crippen LogP contribution in [0.4, 0.5) is 0 Å². The molecule has 0 unspecified atom stereocenters. The van der Waals surface area contributed by atoms with E-state index in [2.05, 4.69) is 30.4 Å². The number of carbonyl (C=O) groups is 2. The van der Waals surface area contributed by atoms with Gasteiger partial charge in [-0.1, -0.05) is 54.1 Å². The molecule has 2 aromatic carbocycles. The molecule has 1 aliphatic heterocycles. The van der Waals surface area contributed by atoms with Crippen molar-refractivity contribution in [2.24, 2.45) is 5.41 Å². The van der Waals surface area contributed by atoms with E-state index in [4.69, 9.17) is 4.74 Å². The lowest BCUT2D eigenvalue weighted by molar-refractivity contribution is -0.162. The third-order valence-corrected chi connectivity index (χ3v) is 4.95. The average molecular weight is 353 g/mol. The quantitative estimate of drug-likeness (QED) is 0.810. The Kier molecular flexibility index (Phi) is 5.38. The highest BCUT2D eigenvalue weighted by atomic mass is 16.5. The summed E-state index contributed by atoms with van der Waals surface area (Å²) < 4.78 is 5.21. The number of hydrogen-bond donors (Lipinski definition) is 2. The van der Waals surface area contributed by atoms with Gasteiger partial charge < -0.3 is 15.2 Å². The van der Waals surface area contributed by atoms with E-state index in [0.29, 0.717) is 19.8 Å². The van der Waals surface area contributed by atoms with Gasteiger partial charge in [-0.2, -0.15) is 0 Å². The molecule has 0 radical (unpaired) electrons. The molecule has 1 saturated heterocycles. The number of aliphatic carboxylic acids is 1. The number of hydrogen-bond acceptors (Lipinski definition) is 3. The van der Waals surface area contributed by atoms with Gasteiger partial charge in [-0.25, -0.2) is 0 Å². The highest BCUT2D eigenvalue weighted by Crippen LogP contribution is 2.31. The van der Waals surface area contributed by atoms with E-state index < -0.39 is 17.3 Å². The molecular weight excluding hydrogens is 330 g/mol. The van der Waals surface area contributed by atoms with Crippen molar-refractivity contribution in [3.8, 4) is 11.1 Å². The number of benzene rings is 2. The second-order valence-electron chi connectivity index (χ2n) is 6.75. The first kappa shape index (κ1) is 18.1.